The van der Waals surface area contributed by atoms with E-state index in [0.717, 1.165) is 19.6 Å². The summed E-state index contributed by atoms with van der Waals surface area (Å²) in [6.45, 7) is 7.45. The molecular formula is C15H21N3O. The van der Waals surface area contributed by atoms with Crippen LogP contribution < -0.4 is 10.6 Å². The van der Waals surface area contributed by atoms with Gasteiger partial charge in [0.15, 0.2) is 0 Å². The van der Waals surface area contributed by atoms with Crippen molar-refractivity contribution in [3.8, 4) is 0 Å². The minimum absolute atomic E-state index is 0.151. The van der Waals surface area contributed by atoms with Gasteiger partial charge in [0.1, 0.15) is 0 Å². The van der Waals surface area contributed by atoms with E-state index in [1.165, 1.54) is 16.7 Å². The highest BCUT2D eigenvalue weighted by Crippen LogP contribution is 2.24. The smallest absolute Gasteiger partial charge is 0.234 e. The number of benzene rings is 1. The first-order valence-electron chi connectivity index (χ1n) is 6.95. The number of fused-ring (bicyclic) bond motifs is 1. The largest absolute Gasteiger partial charge is 0.353 e. The lowest BCUT2D eigenvalue weighted by Crippen LogP contribution is -2.62. The highest BCUT2D eigenvalue weighted by atomic mass is 16.2. The van der Waals surface area contributed by atoms with Gasteiger partial charge in [-0.25, -0.2) is 0 Å². The van der Waals surface area contributed by atoms with Crippen LogP contribution in [0.4, 0.5) is 0 Å². The van der Waals surface area contributed by atoms with Crippen LogP contribution in [0.3, 0.4) is 0 Å². The summed E-state index contributed by atoms with van der Waals surface area (Å²) in [6.07, 6.45) is 0. The monoisotopic (exact) mass is 259 g/mol. The average molecular weight is 259 g/mol. The molecule has 2 unspecified atom stereocenters. The van der Waals surface area contributed by atoms with Crippen molar-refractivity contribution in [3.05, 3.63) is 34.9 Å². The molecule has 2 aliphatic rings. The Kier molecular flexibility index (Phi) is 3.29. The van der Waals surface area contributed by atoms with Crippen LogP contribution in [-0.4, -0.2) is 43.0 Å². The SMILES string of the molecule is Cc1ccc(C)c(C2CN3CC(=O)NCC3CN2)c1. The van der Waals surface area contributed by atoms with E-state index >= 15 is 0 Å². The van der Waals surface area contributed by atoms with Crippen LogP contribution in [0.25, 0.3) is 0 Å². The van der Waals surface area contributed by atoms with Crippen molar-refractivity contribution in [3.63, 3.8) is 0 Å². The minimum atomic E-state index is 0.151. The van der Waals surface area contributed by atoms with Gasteiger partial charge < -0.3 is 10.6 Å². The Labute approximate surface area is 114 Å². The maximum atomic E-state index is 11.5. The number of hydrogen-bond donors (Lipinski definition) is 2. The zero-order valence-corrected chi connectivity index (χ0v) is 11.6. The number of nitrogens with one attached hydrogen (secondary N) is 2. The van der Waals surface area contributed by atoms with Gasteiger partial charge in [-0.1, -0.05) is 23.8 Å². The van der Waals surface area contributed by atoms with Crippen molar-refractivity contribution in [2.24, 2.45) is 0 Å². The van der Waals surface area contributed by atoms with Crippen molar-refractivity contribution < 1.29 is 4.79 Å². The molecule has 2 saturated heterocycles. The summed E-state index contributed by atoms with van der Waals surface area (Å²) in [6, 6.07) is 7.37. The summed E-state index contributed by atoms with van der Waals surface area (Å²) in [4.78, 5) is 13.8. The van der Waals surface area contributed by atoms with Crippen molar-refractivity contribution in [1.82, 2.24) is 15.5 Å². The van der Waals surface area contributed by atoms with Gasteiger partial charge in [0.2, 0.25) is 5.91 Å². The molecular weight excluding hydrogens is 238 g/mol. The van der Waals surface area contributed by atoms with E-state index < -0.39 is 0 Å². The molecule has 0 aliphatic carbocycles. The van der Waals surface area contributed by atoms with E-state index in [4.69, 9.17) is 0 Å². The first kappa shape index (κ1) is 12.6. The number of aryl methyl sites for hydroxylation is 2. The number of carbonyl (C=O) groups is 1. The van der Waals surface area contributed by atoms with Gasteiger partial charge in [0.25, 0.3) is 0 Å². The van der Waals surface area contributed by atoms with E-state index in [1.807, 2.05) is 0 Å². The second-order valence-corrected chi connectivity index (χ2v) is 5.71. The Balaban J connectivity index is 1.79. The second-order valence-electron chi connectivity index (χ2n) is 5.71. The molecule has 1 aromatic carbocycles. The molecule has 4 heteroatoms. The molecule has 19 heavy (non-hydrogen) atoms. The van der Waals surface area contributed by atoms with E-state index in [2.05, 4.69) is 47.6 Å². The third-order valence-corrected chi connectivity index (χ3v) is 4.23. The molecule has 0 saturated carbocycles. The fourth-order valence-corrected chi connectivity index (χ4v) is 3.07. The Hall–Kier alpha value is -1.39. The van der Waals surface area contributed by atoms with Crippen molar-refractivity contribution in [1.29, 1.82) is 0 Å². The summed E-state index contributed by atoms with van der Waals surface area (Å²) < 4.78 is 0. The predicted octanol–water partition coefficient (Wildman–Crippen LogP) is 0.748. The summed E-state index contributed by atoms with van der Waals surface area (Å²) in [5.41, 5.74) is 3.98. The van der Waals surface area contributed by atoms with Crippen LogP contribution in [-0.2, 0) is 4.79 Å². The maximum absolute atomic E-state index is 11.5. The topological polar surface area (TPSA) is 44.4 Å². The van der Waals surface area contributed by atoms with Gasteiger partial charge in [-0.05, 0) is 25.0 Å². The molecule has 4 nitrogen and oxygen atoms in total. The fraction of sp³-hybridized carbons (Fsp3) is 0.533. The lowest BCUT2D eigenvalue weighted by Gasteiger charge is -2.43. The normalized spacial score (nSPS) is 27.8. The van der Waals surface area contributed by atoms with E-state index in [0.29, 0.717) is 18.6 Å². The minimum Gasteiger partial charge on any atom is -0.353 e. The Morgan fingerprint density at radius 1 is 1.26 bits per heavy atom. The van der Waals surface area contributed by atoms with Gasteiger partial charge in [-0.3, -0.25) is 9.69 Å². The van der Waals surface area contributed by atoms with Crippen LogP contribution in [0.5, 0.6) is 0 Å². The van der Waals surface area contributed by atoms with E-state index in [-0.39, 0.29) is 5.91 Å². The van der Waals surface area contributed by atoms with Crippen molar-refractivity contribution in [2.45, 2.75) is 25.9 Å². The molecule has 1 amide bonds. The first-order chi connectivity index (χ1) is 9.13. The number of carbonyl (C=O) groups excluding carboxylic acids is 1. The van der Waals surface area contributed by atoms with Gasteiger partial charge in [-0.2, -0.15) is 0 Å². The van der Waals surface area contributed by atoms with Crippen LogP contribution in [0.15, 0.2) is 18.2 Å². The second kappa shape index (κ2) is 4.94. The summed E-state index contributed by atoms with van der Waals surface area (Å²) in [7, 11) is 0. The molecule has 2 atom stereocenters. The quantitative estimate of drug-likeness (QED) is 0.782. The number of piperazine rings is 2. The zero-order chi connectivity index (χ0) is 13.4. The lowest BCUT2D eigenvalue weighted by atomic mass is 9.95. The third kappa shape index (κ3) is 2.51. The standard InChI is InChI=1S/C15H21N3O/c1-10-3-4-11(2)13(5-10)14-8-18-9-15(19)17-7-12(18)6-16-14/h3-5,12,14,16H,6-9H2,1-2H3,(H,17,19). The highest BCUT2D eigenvalue weighted by molar-refractivity contribution is 5.79. The summed E-state index contributed by atoms with van der Waals surface area (Å²) in [5.74, 6) is 0.151. The lowest BCUT2D eigenvalue weighted by molar-refractivity contribution is -0.126. The molecule has 102 valence electrons. The van der Waals surface area contributed by atoms with Gasteiger partial charge in [0.05, 0.1) is 6.54 Å². The molecule has 2 fully saturated rings. The third-order valence-electron chi connectivity index (χ3n) is 4.23. The Morgan fingerprint density at radius 3 is 2.95 bits per heavy atom. The van der Waals surface area contributed by atoms with Crippen LogP contribution in [0.2, 0.25) is 0 Å². The molecule has 2 N–H and O–H groups in total. The molecule has 0 aromatic heterocycles. The first-order valence-corrected chi connectivity index (χ1v) is 6.95. The Bertz CT molecular complexity index is 500. The molecule has 2 heterocycles. The molecule has 3 rings (SSSR count). The van der Waals surface area contributed by atoms with Crippen LogP contribution >= 0.6 is 0 Å². The molecule has 0 bridgehead atoms. The summed E-state index contributed by atoms with van der Waals surface area (Å²) >= 11 is 0. The molecule has 0 spiro atoms. The number of nitrogens with zero attached hydrogens (tertiary/aromatic N) is 1. The Morgan fingerprint density at radius 2 is 2.11 bits per heavy atom. The number of hydrogen-bond acceptors (Lipinski definition) is 3. The number of amides is 1. The van der Waals surface area contributed by atoms with E-state index in [9.17, 15) is 4.79 Å². The number of rotatable bonds is 1. The van der Waals surface area contributed by atoms with Gasteiger partial charge >= 0.3 is 0 Å². The average Bonchev–Trinajstić information content (AvgIpc) is 2.40. The van der Waals surface area contributed by atoms with Gasteiger partial charge in [-0.15, -0.1) is 0 Å². The van der Waals surface area contributed by atoms with Crippen LogP contribution in [0.1, 0.15) is 22.7 Å². The fourth-order valence-electron chi connectivity index (χ4n) is 3.07. The summed E-state index contributed by atoms with van der Waals surface area (Å²) in [5, 5.41) is 6.56. The molecule has 1 aromatic rings. The van der Waals surface area contributed by atoms with Gasteiger partial charge in [0, 0.05) is 31.7 Å². The zero-order valence-electron chi connectivity index (χ0n) is 11.6. The predicted molar refractivity (Wildman–Crippen MR) is 75.0 cm³/mol. The highest BCUT2D eigenvalue weighted by Gasteiger charge is 2.33. The van der Waals surface area contributed by atoms with Crippen molar-refractivity contribution in [2.75, 3.05) is 26.2 Å². The molecule has 2 aliphatic heterocycles. The molecule has 0 radical (unpaired) electrons. The van der Waals surface area contributed by atoms with Crippen LogP contribution in [0, 0.1) is 13.8 Å². The van der Waals surface area contributed by atoms with Crippen molar-refractivity contribution >= 4 is 5.91 Å². The van der Waals surface area contributed by atoms with E-state index in [1.54, 1.807) is 0 Å². The maximum Gasteiger partial charge on any atom is 0.234 e.